The number of fused-ring (bicyclic) bond motifs is 1. The molecule has 2 aromatic rings. The van der Waals surface area contributed by atoms with Gasteiger partial charge in [0, 0.05) is 29.4 Å². The molecule has 2 amide bonds. The summed E-state index contributed by atoms with van der Waals surface area (Å²) in [5.41, 5.74) is 1.15. The summed E-state index contributed by atoms with van der Waals surface area (Å²) in [5.74, 6) is -0.571. The Kier molecular flexibility index (Phi) is 5.97. The van der Waals surface area contributed by atoms with E-state index in [1.54, 1.807) is 42.5 Å². The van der Waals surface area contributed by atoms with Crippen molar-refractivity contribution in [3.63, 3.8) is 0 Å². The summed E-state index contributed by atoms with van der Waals surface area (Å²) >= 11 is 5.82. The highest BCUT2D eigenvalue weighted by molar-refractivity contribution is 7.90. The first-order chi connectivity index (χ1) is 14.8. The van der Waals surface area contributed by atoms with Crippen molar-refractivity contribution in [3.8, 4) is 0 Å². The third-order valence-electron chi connectivity index (χ3n) is 5.26. The number of nitrogens with one attached hydrogen (secondary N) is 2. The van der Waals surface area contributed by atoms with Crippen molar-refractivity contribution >= 4 is 45.0 Å². The molecule has 4 rings (SSSR count). The minimum atomic E-state index is -3.71. The second kappa shape index (κ2) is 8.68. The lowest BCUT2D eigenvalue weighted by Gasteiger charge is -2.33. The number of amides is 2. The van der Waals surface area contributed by atoms with Crippen molar-refractivity contribution in [1.29, 1.82) is 0 Å². The van der Waals surface area contributed by atoms with Crippen LogP contribution in [0.15, 0.2) is 57.8 Å². The van der Waals surface area contributed by atoms with Crippen molar-refractivity contribution in [1.82, 2.24) is 10.2 Å². The highest BCUT2D eigenvalue weighted by Crippen LogP contribution is 2.29. The zero-order valence-electron chi connectivity index (χ0n) is 16.5. The molecule has 1 saturated heterocycles. The van der Waals surface area contributed by atoms with Gasteiger partial charge in [0.1, 0.15) is 4.90 Å². The van der Waals surface area contributed by atoms with E-state index in [1.165, 1.54) is 6.07 Å². The Morgan fingerprint density at radius 1 is 1.13 bits per heavy atom. The van der Waals surface area contributed by atoms with Crippen LogP contribution in [0.5, 0.6) is 0 Å². The highest BCUT2D eigenvalue weighted by Gasteiger charge is 2.35. The molecule has 0 spiro atoms. The molecule has 8 nitrogen and oxygen atoms in total. The second-order valence-corrected chi connectivity index (χ2v) is 9.45. The molecule has 2 aromatic carbocycles. The van der Waals surface area contributed by atoms with Gasteiger partial charge in [0.15, 0.2) is 5.84 Å². The van der Waals surface area contributed by atoms with E-state index in [9.17, 15) is 18.0 Å². The Labute approximate surface area is 185 Å². The fraction of sp³-hybridized carbons (Fsp3) is 0.286. The van der Waals surface area contributed by atoms with Crippen LogP contribution in [0, 0.1) is 5.92 Å². The number of carbonyl (C=O) groups excluding carboxylic acids is 2. The van der Waals surface area contributed by atoms with Gasteiger partial charge in [-0.25, -0.2) is 0 Å². The van der Waals surface area contributed by atoms with Crippen LogP contribution in [0.3, 0.4) is 0 Å². The number of hydrogen-bond donors (Lipinski definition) is 2. The number of likely N-dealkylation sites (tertiary alicyclic amines) is 1. The molecule has 162 valence electrons. The standard InChI is InChI=1S/C21H21ClN4O4S/c22-15-7-9-16(10-8-15)24-19(27)12-23-21(28)14-4-3-11-26(13-14)20-17-5-1-2-6-18(17)31(29,30)25-20/h1-2,5-10,14H,3-4,11-13H2,(H,23,28)(H,24,27). The lowest BCUT2D eigenvalue weighted by Crippen LogP contribution is -2.46. The molecule has 31 heavy (non-hydrogen) atoms. The first-order valence-corrected chi connectivity index (χ1v) is 11.7. The highest BCUT2D eigenvalue weighted by atomic mass is 35.5. The molecular formula is C21H21ClN4O4S. The number of amidine groups is 1. The third kappa shape index (κ3) is 4.72. The van der Waals surface area contributed by atoms with Gasteiger partial charge in [-0.2, -0.15) is 8.42 Å². The lowest BCUT2D eigenvalue weighted by molar-refractivity contribution is -0.128. The van der Waals surface area contributed by atoms with E-state index < -0.39 is 10.0 Å². The number of piperidine rings is 1. The first kappa shape index (κ1) is 21.3. The number of anilines is 1. The van der Waals surface area contributed by atoms with Crippen LogP contribution in [0.25, 0.3) is 0 Å². The molecule has 0 aromatic heterocycles. The van der Waals surface area contributed by atoms with Gasteiger partial charge in [-0.05, 0) is 49.2 Å². The second-order valence-electron chi connectivity index (χ2n) is 7.44. The summed E-state index contributed by atoms with van der Waals surface area (Å²) < 4.78 is 28.6. The van der Waals surface area contributed by atoms with Crippen LogP contribution < -0.4 is 10.6 Å². The molecule has 1 fully saturated rings. The van der Waals surface area contributed by atoms with E-state index in [2.05, 4.69) is 15.0 Å². The van der Waals surface area contributed by atoms with Gasteiger partial charge in [0.2, 0.25) is 11.8 Å². The maximum atomic E-state index is 12.6. The van der Waals surface area contributed by atoms with Crippen molar-refractivity contribution < 1.29 is 18.0 Å². The van der Waals surface area contributed by atoms with Gasteiger partial charge in [-0.1, -0.05) is 23.7 Å². The summed E-state index contributed by atoms with van der Waals surface area (Å²) in [7, 11) is -3.71. The van der Waals surface area contributed by atoms with Crippen molar-refractivity contribution in [2.24, 2.45) is 10.3 Å². The van der Waals surface area contributed by atoms with Crippen LogP contribution in [0.2, 0.25) is 5.02 Å². The quantitative estimate of drug-likeness (QED) is 0.727. The van der Waals surface area contributed by atoms with Gasteiger partial charge in [0.05, 0.1) is 12.5 Å². The maximum absolute atomic E-state index is 12.6. The van der Waals surface area contributed by atoms with Crippen molar-refractivity contribution in [2.45, 2.75) is 17.7 Å². The van der Waals surface area contributed by atoms with Crippen LogP contribution in [0.4, 0.5) is 5.69 Å². The molecule has 0 saturated carbocycles. The molecule has 10 heteroatoms. The van der Waals surface area contributed by atoms with Gasteiger partial charge in [0.25, 0.3) is 10.0 Å². The maximum Gasteiger partial charge on any atom is 0.285 e. The Morgan fingerprint density at radius 2 is 1.87 bits per heavy atom. The van der Waals surface area contributed by atoms with Crippen LogP contribution in [0.1, 0.15) is 18.4 Å². The molecule has 2 N–H and O–H groups in total. The average Bonchev–Trinajstić information content (AvgIpc) is 3.05. The number of carbonyl (C=O) groups is 2. The average molecular weight is 461 g/mol. The Bertz CT molecular complexity index is 1150. The van der Waals surface area contributed by atoms with Gasteiger partial charge in [-0.3, -0.25) is 9.59 Å². The van der Waals surface area contributed by atoms with E-state index in [1.807, 2.05) is 4.90 Å². The van der Waals surface area contributed by atoms with E-state index in [0.29, 0.717) is 41.6 Å². The predicted molar refractivity (Wildman–Crippen MR) is 118 cm³/mol. The molecule has 0 aliphatic carbocycles. The molecular weight excluding hydrogens is 440 g/mol. The third-order valence-corrected chi connectivity index (χ3v) is 6.83. The molecule has 1 unspecified atom stereocenters. The Morgan fingerprint density at radius 3 is 2.65 bits per heavy atom. The van der Waals surface area contributed by atoms with Crippen molar-refractivity contribution in [2.75, 3.05) is 25.0 Å². The smallest absolute Gasteiger partial charge is 0.285 e. The van der Waals surface area contributed by atoms with E-state index in [4.69, 9.17) is 11.6 Å². The number of sulfonamides is 1. The fourth-order valence-corrected chi connectivity index (χ4v) is 5.10. The monoisotopic (exact) mass is 460 g/mol. The Balaban J connectivity index is 1.36. The van der Waals surface area contributed by atoms with Crippen molar-refractivity contribution in [3.05, 3.63) is 59.1 Å². The minimum absolute atomic E-state index is 0.157. The number of hydrogen-bond acceptors (Lipinski definition) is 5. The minimum Gasteiger partial charge on any atom is -0.355 e. The SMILES string of the molecule is O=C(CNC(=O)C1CCCN(C2=NS(=O)(=O)c3ccccc32)C1)Nc1ccc(Cl)cc1. The largest absolute Gasteiger partial charge is 0.355 e. The fourth-order valence-electron chi connectivity index (χ4n) is 3.75. The first-order valence-electron chi connectivity index (χ1n) is 9.86. The number of halogens is 1. The summed E-state index contributed by atoms with van der Waals surface area (Å²) in [6.07, 6.45) is 1.37. The van der Waals surface area contributed by atoms with Crippen LogP contribution in [-0.2, 0) is 19.6 Å². The molecule has 1 atom stereocenters. The summed E-state index contributed by atoms with van der Waals surface area (Å²) in [6.45, 7) is 0.799. The summed E-state index contributed by atoms with van der Waals surface area (Å²) in [6, 6.07) is 13.4. The van der Waals surface area contributed by atoms with E-state index in [-0.39, 0.29) is 29.2 Å². The zero-order chi connectivity index (χ0) is 22.0. The summed E-state index contributed by atoms with van der Waals surface area (Å²) in [5, 5.41) is 5.93. The number of rotatable bonds is 4. The number of benzene rings is 2. The van der Waals surface area contributed by atoms with Gasteiger partial charge >= 0.3 is 0 Å². The molecule has 2 aliphatic rings. The Hall–Kier alpha value is -2.91. The molecule has 0 bridgehead atoms. The van der Waals surface area contributed by atoms with Gasteiger partial charge in [-0.15, -0.1) is 4.40 Å². The van der Waals surface area contributed by atoms with E-state index in [0.717, 1.165) is 6.42 Å². The van der Waals surface area contributed by atoms with Crippen LogP contribution >= 0.6 is 11.6 Å². The van der Waals surface area contributed by atoms with Gasteiger partial charge < -0.3 is 15.5 Å². The number of nitrogens with zero attached hydrogens (tertiary/aromatic N) is 2. The lowest BCUT2D eigenvalue weighted by atomic mass is 9.96. The normalized spacial score (nSPS) is 19.3. The summed E-state index contributed by atoms with van der Waals surface area (Å²) in [4.78, 5) is 26.8. The molecule has 0 radical (unpaired) electrons. The predicted octanol–water partition coefficient (Wildman–Crippen LogP) is 2.26. The topological polar surface area (TPSA) is 108 Å². The molecule has 2 heterocycles. The van der Waals surface area contributed by atoms with E-state index >= 15 is 0 Å². The zero-order valence-corrected chi connectivity index (χ0v) is 18.1. The molecule has 2 aliphatic heterocycles. The van der Waals surface area contributed by atoms with Crippen LogP contribution in [-0.4, -0.2) is 50.6 Å².